The van der Waals surface area contributed by atoms with Gasteiger partial charge in [-0.15, -0.1) is 0 Å². The Kier molecular flexibility index (Phi) is 59.2. The van der Waals surface area contributed by atoms with Gasteiger partial charge in [0.15, 0.2) is 12.2 Å². The van der Waals surface area contributed by atoms with Gasteiger partial charge in [0.05, 0.1) is 26.4 Å². The van der Waals surface area contributed by atoms with Crippen molar-refractivity contribution in [3.63, 3.8) is 0 Å². The summed E-state index contributed by atoms with van der Waals surface area (Å²) >= 11 is 0. The Labute approximate surface area is 524 Å². The van der Waals surface area contributed by atoms with Gasteiger partial charge in [-0.3, -0.25) is 37.3 Å². The van der Waals surface area contributed by atoms with Crippen LogP contribution in [0.3, 0.4) is 0 Å². The van der Waals surface area contributed by atoms with Crippen LogP contribution in [-0.4, -0.2) is 96.7 Å². The average molecular weight is 1270 g/mol. The SMILES string of the molecule is CCCCCCCCCCCCCCCCCCCC(=O)OC[C@H](COP(=O)(O)OC[C@@H](O)COP(=O)(O)OC[C@@H](COC(=O)CCCCCCC)OC(=O)CCCCCCCCC)OC(=O)CCCCCCCCCCCCCCCCC(C)C. The maximum Gasteiger partial charge on any atom is 0.472 e. The molecule has 0 rings (SSSR count). The van der Waals surface area contributed by atoms with Crippen molar-refractivity contribution in [1.82, 2.24) is 0 Å². The highest BCUT2D eigenvalue weighted by Gasteiger charge is 2.30. The number of phosphoric ester groups is 2. The highest BCUT2D eigenvalue weighted by Crippen LogP contribution is 2.45. The van der Waals surface area contributed by atoms with Gasteiger partial charge in [-0.05, 0) is 31.6 Å². The fourth-order valence-corrected chi connectivity index (χ4v) is 11.7. The van der Waals surface area contributed by atoms with E-state index in [9.17, 15) is 43.2 Å². The highest BCUT2D eigenvalue weighted by atomic mass is 31.2. The van der Waals surface area contributed by atoms with E-state index in [1.54, 1.807) is 0 Å². The molecular formula is C67H130O17P2. The molecule has 0 amide bonds. The number of unbranched alkanes of at least 4 members (excludes halogenated alkanes) is 39. The number of aliphatic hydroxyl groups is 1. The van der Waals surface area contributed by atoms with Gasteiger partial charge in [-0.25, -0.2) is 9.13 Å². The lowest BCUT2D eigenvalue weighted by molar-refractivity contribution is -0.161. The lowest BCUT2D eigenvalue weighted by Crippen LogP contribution is -2.30. The summed E-state index contributed by atoms with van der Waals surface area (Å²) in [7, 11) is -9.88. The van der Waals surface area contributed by atoms with Gasteiger partial charge < -0.3 is 33.8 Å². The predicted octanol–water partition coefficient (Wildman–Crippen LogP) is 19.0. The Morgan fingerprint density at radius 2 is 0.535 bits per heavy atom. The van der Waals surface area contributed by atoms with Gasteiger partial charge in [0.25, 0.3) is 0 Å². The van der Waals surface area contributed by atoms with E-state index in [-0.39, 0.29) is 25.7 Å². The van der Waals surface area contributed by atoms with Crippen LogP contribution in [-0.2, 0) is 65.4 Å². The van der Waals surface area contributed by atoms with Crippen LogP contribution >= 0.6 is 15.6 Å². The lowest BCUT2D eigenvalue weighted by Gasteiger charge is -2.21. The summed E-state index contributed by atoms with van der Waals surface area (Å²) in [6.45, 7) is 7.11. The molecule has 5 atom stereocenters. The zero-order valence-electron chi connectivity index (χ0n) is 55.4. The van der Waals surface area contributed by atoms with Crippen molar-refractivity contribution in [1.29, 1.82) is 0 Å². The minimum absolute atomic E-state index is 0.103. The molecule has 0 radical (unpaired) electrons. The predicted molar refractivity (Wildman–Crippen MR) is 345 cm³/mol. The van der Waals surface area contributed by atoms with Gasteiger partial charge >= 0.3 is 39.5 Å². The van der Waals surface area contributed by atoms with Crippen LogP contribution in [0.4, 0.5) is 0 Å². The molecule has 0 aromatic heterocycles. The Morgan fingerprint density at radius 3 is 0.791 bits per heavy atom. The molecule has 3 N–H and O–H groups in total. The summed E-state index contributed by atoms with van der Waals surface area (Å²) in [4.78, 5) is 72.0. The highest BCUT2D eigenvalue weighted by molar-refractivity contribution is 7.47. The van der Waals surface area contributed by atoms with E-state index < -0.39 is 97.5 Å². The molecule has 86 heavy (non-hydrogen) atoms. The summed E-state index contributed by atoms with van der Waals surface area (Å²) in [5.41, 5.74) is 0. The smallest absolute Gasteiger partial charge is 0.462 e. The zero-order valence-corrected chi connectivity index (χ0v) is 57.2. The van der Waals surface area contributed by atoms with E-state index in [4.69, 9.17) is 37.0 Å². The summed E-state index contributed by atoms with van der Waals surface area (Å²) in [6.07, 6.45) is 46.4. The third-order valence-corrected chi connectivity index (χ3v) is 17.4. The van der Waals surface area contributed by atoms with Crippen LogP contribution in [0.2, 0.25) is 0 Å². The first-order chi connectivity index (χ1) is 41.5. The Morgan fingerprint density at radius 1 is 0.314 bits per heavy atom. The lowest BCUT2D eigenvalue weighted by atomic mass is 10.0. The van der Waals surface area contributed by atoms with Crippen molar-refractivity contribution in [2.45, 2.75) is 361 Å². The number of carbonyl (C=O) groups excluding carboxylic acids is 4. The second-order valence-electron chi connectivity index (χ2n) is 24.7. The number of esters is 4. The molecule has 19 heteroatoms. The van der Waals surface area contributed by atoms with Crippen LogP contribution in [0.25, 0.3) is 0 Å². The molecule has 2 unspecified atom stereocenters. The van der Waals surface area contributed by atoms with Crippen molar-refractivity contribution in [2.24, 2.45) is 5.92 Å². The molecule has 0 aromatic rings. The molecule has 0 aliphatic heterocycles. The molecule has 0 spiro atoms. The third-order valence-electron chi connectivity index (χ3n) is 15.5. The Balaban J connectivity index is 5.11. The largest absolute Gasteiger partial charge is 0.472 e. The fraction of sp³-hybridized carbons (Fsp3) is 0.940. The van der Waals surface area contributed by atoms with Gasteiger partial charge in [0.2, 0.25) is 0 Å². The van der Waals surface area contributed by atoms with Crippen molar-refractivity contribution in [2.75, 3.05) is 39.6 Å². The number of hydrogen-bond acceptors (Lipinski definition) is 15. The molecule has 0 saturated carbocycles. The molecule has 0 bridgehead atoms. The van der Waals surface area contributed by atoms with E-state index in [1.807, 2.05) is 0 Å². The maximum absolute atomic E-state index is 13.0. The number of ether oxygens (including phenoxy) is 4. The molecule has 0 heterocycles. The van der Waals surface area contributed by atoms with E-state index in [2.05, 4.69) is 34.6 Å². The summed E-state index contributed by atoms with van der Waals surface area (Å²) in [6, 6.07) is 0. The van der Waals surface area contributed by atoms with Crippen LogP contribution in [0.15, 0.2) is 0 Å². The number of rotatable bonds is 67. The van der Waals surface area contributed by atoms with Crippen molar-refractivity contribution in [3.8, 4) is 0 Å². The first-order valence-corrected chi connectivity index (χ1v) is 38.1. The van der Waals surface area contributed by atoms with Gasteiger partial charge in [-0.1, -0.05) is 291 Å². The molecule has 510 valence electrons. The summed E-state index contributed by atoms with van der Waals surface area (Å²) in [5.74, 6) is -1.35. The van der Waals surface area contributed by atoms with E-state index in [0.717, 1.165) is 115 Å². The third kappa shape index (κ3) is 60.9. The minimum atomic E-state index is -4.95. The maximum atomic E-state index is 13.0. The number of carbonyl (C=O) groups is 4. The van der Waals surface area contributed by atoms with Crippen molar-refractivity contribution >= 4 is 39.5 Å². The van der Waals surface area contributed by atoms with E-state index >= 15 is 0 Å². The first-order valence-electron chi connectivity index (χ1n) is 35.1. The normalized spacial score (nSPS) is 14.2. The Bertz CT molecular complexity index is 1670. The number of phosphoric acid groups is 2. The molecule has 0 fully saturated rings. The molecule has 17 nitrogen and oxygen atoms in total. The minimum Gasteiger partial charge on any atom is -0.462 e. The average Bonchev–Trinajstić information content (AvgIpc) is 3.52. The fourth-order valence-electron chi connectivity index (χ4n) is 10.1. The Hall–Kier alpha value is -1.94. The van der Waals surface area contributed by atoms with Crippen LogP contribution in [0.1, 0.15) is 343 Å². The van der Waals surface area contributed by atoms with Crippen LogP contribution in [0.5, 0.6) is 0 Å². The molecule has 0 aliphatic carbocycles. The second kappa shape index (κ2) is 60.6. The second-order valence-corrected chi connectivity index (χ2v) is 27.6. The summed E-state index contributed by atoms with van der Waals surface area (Å²) < 4.78 is 67.8. The molecule has 0 saturated heterocycles. The molecular weight excluding hydrogens is 1140 g/mol. The van der Waals surface area contributed by atoms with E-state index in [0.29, 0.717) is 25.7 Å². The number of aliphatic hydroxyl groups excluding tert-OH is 1. The van der Waals surface area contributed by atoms with Gasteiger partial charge in [0, 0.05) is 25.7 Å². The topological polar surface area (TPSA) is 237 Å². The van der Waals surface area contributed by atoms with E-state index in [1.165, 1.54) is 148 Å². The van der Waals surface area contributed by atoms with Gasteiger partial charge in [0.1, 0.15) is 19.3 Å². The first kappa shape index (κ1) is 84.1. The van der Waals surface area contributed by atoms with Crippen LogP contribution < -0.4 is 0 Å². The zero-order chi connectivity index (χ0) is 63.5. The van der Waals surface area contributed by atoms with Crippen LogP contribution in [0, 0.1) is 5.92 Å². The van der Waals surface area contributed by atoms with Gasteiger partial charge in [-0.2, -0.15) is 0 Å². The summed E-state index contributed by atoms with van der Waals surface area (Å²) in [5, 5.41) is 10.5. The van der Waals surface area contributed by atoms with Crippen molar-refractivity contribution < 1.29 is 80.2 Å². The standard InChI is InChI=1S/C67H130O17P2/c1-6-9-12-15-17-18-19-20-21-22-23-27-30-33-37-41-46-51-65(70)78-57-63(84-67(72)53-48-43-38-34-31-28-25-24-26-29-32-36-40-44-49-60(4)5)59-82-86(75,76)80-55-61(68)54-79-85(73,74)81-58-62(56-77-64(69)50-45-39-14-11-8-3)83-66(71)52-47-42-35-16-13-10-7-2/h60-63,68H,6-59H2,1-5H3,(H,73,74)(H,75,76)/t61-,62+,63+/m0/s1. The monoisotopic (exact) mass is 1270 g/mol. The van der Waals surface area contributed by atoms with Crippen molar-refractivity contribution in [3.05, 3.63) is 0 Å². The number of hydrogen-bond donors (Lipinski definition) is 3. The molecule has 0 aliphatic rings. The molecule has 0 aromatic carbocycles. The quantitative estimate of drug-likeness (QED) is 0.0222.